The molecule has 2 rings (SSSR count). The van der Waals surface area contributed by atoms with Crippen LogP contribution in [0.4, 0.5) is 0 Å². The number of carbonyl (C=O) groups is 4. The summed E-state index contributed by atoms with van der Waals surface area (Å²) in [6.07, 6.45) is 2.18. The fourth-order valence-corrected chi connectivity index (χ4v) is 4.14. The molecule has 0 saturated heterocycles. The van der Waals surface area contributed by atoms with Gasteiger partial charge in [-0.25, -0.2) is 4.79 Å². The Labute approximate surface area is 226 Å². The van der Waals surface area contributed by atoms with E-state index < -0.39 is 41.8 Å². The molecule has 10 nitrogen and oxygen atoms in total. The zero-order valence-electron chi connectivity index (χ0n) is 21.9. The Morgan fingerprint density at radius 2 is 1.61 bits per heavy atom. The van der Waals surface area contributed by atoms with Crippen LogP contribution in [-0.4, -0.2) is 71.1 Å². The minimum atomic E-state index is -1.16. The van der Waals surface area contributed by atoms with Crippen LogP contribution in [0.2, 0.25) is 0 Å². The predicted octanol–water partition coefficient (Wildman–Crippen LogP) is 2.21. The van der Waals surface area contributed by atoms with Gasteiger partial charge in [0.25, 0.3) is 5.91 Å². The van der Waals surface area contributed by atoms with Crippen LogP contribution >= 0.6 is 11.8 Å². The third-order valence-corrected chi connectivity index (χ3v) is 6.47. The third-order valence-electron chi connectivity index (χ3n) is 5.82. The van der Waals surface area contributed by atoms with Gasteiger partial charge in [0.05, 0.1) is 12.7 Å². The number of carboxylic acid groups (broad SMARTS) is 1. The summed E-state index contributed by atoms with van der Waals surface area (Å²) in [7, 11) is 1.42. The Kier molecular flexibility index (Phi) is 11.9. The van der Waals surface area contributed by atoms with Crippen molar-refractivity contribution in [3.05, 3.63) is 59.7 Å². The van der Waals surface area contributed by atoms with Gasteiger partial charge in [-0.15, -0.1) is 0 Å². The molecule has 0 aliphatic carbocycles. The van der Waals surface area contributed by atoms with Crippen LogP contribution < -0.4 is 20.7 Å². The number of amides is 3. The lowest BCUT2D eigenvalue weighted by Gasteiger charge is -2.26. The van der Waals surface area contributed by atoms with Gasteiger partial charge in [0, 0.05) is 6.42 Å². The number of thioether (sulfide) groups is 1. The van der Waals surface area contributed by atoms with Crippen molar-refractivity contribution in [2.45, 2.75) is 44.8 Å². The molecule has 0 aliphatic heterocycles. The number of methoxy groups -OCH3 is 1. The highest BCUT2D eigenvalue weighted by Crippen LogP contribution is 2.23. The number of hydrogen-bond donors (Lipinski definition) is 5. The molecule has 38 heavy (non-hydrogen) atoms. The van der Waals surface area contributed by atoms with Crippen molar-refractivity contribution in [1.82, 2.24) is 16.0 Å². The van der Waals surface area contributed by atoms with Crippen LogP contribution in [0.15, 0.2) is 48.5 Å². The molecule has 0 aliphatic rings. The molecule has 0 bridgehead atoms. The summed E-state index contributed by atoms with van der Waals surface area (Å²) in [6, 6.07) is 9.90. The third kappa shape index (κ3) is 8.98. The number of hydrogen-bond acceptors (Lipinski definition) is 7. The summed E-state index contributed by atoms with van der Waals surface area (Å²) in [5.74, 6) is -2.89. The van der Waals surface area contributed by atoms with Crippen molar-refractivity contribution in [3.63, 3.8) is 0 Å². The maximum atomic E-state index is 13.3. The van der Waals surface area contributed by atoms with Crippen molar-refractivity contribution < 1.29 is 34.1 Å². The van der Waals surface area contributed by atoms with Crippen LogP contribution in [0.1, 0.15) is 36.2 Å². The number of carbonyl (C=O) groups excluding carboxylic acids is 3. The van der Waals surface area contributed by atoms with Crippen LogP contribution in [0, 0.1) is 5.92 Å². The molecule has 0 heterocycles. The molecule has 0 unspecified atom stereocenters. The maximum absolute atomic E-state index is 13.3. The first-order chi connectivity index (χ1) is 18.1. The minimum Gasteiger partial charge on any atom is -0.507 e. The van der Waals surface area contributed by atoms with Crippen molar-refractivity contribution >= 4 is 35.5 Å². The second kappa shape index (κ2) is 14.9. The monoisotopic (exact) mass is 545 g/mol. The molecule has 206 valence electrons. The van der Waals surface area contributed by atoms with Crippen LogP contribution in [-0.2, 0) is 20.8 Å². The van der Waals surface area contributed by atoms with Gasteiger partial charge in [0.2, 0.25) is 11.8 Å². The van der Waals surface area contributed by atoms with Gasteiger partial charge in [-0.2, -0.15) is 11.8 Å². The zero-order valence-corrected chi connectivity index (χ0v) is 22.7. The lowest BCUT2D eigenvalue weighted by Crippen LogP contribution is -2.57. The smallest absolute Gasteiger partial charge is 0.326 e. The number of ether oxygens (including phenoxy) is 1. The summed E-state index contributed by atoms with van der Waals surface area (Å²) in [4.78, 5) is 51.1. The van der Waals surface area contributed by atoms with Gasteiger partial charge in [-0.05, 0) is 48.1 Å². The number of carboxylic acids is 1. The molecule has 11 heteroatoms. The molecule has 2 aromatic carbocycles. The van der Waals surface area contributed by atoms with Crippen molar-refractivity contribution in [3.8, 4) is 11.5 Å². The van der Waals surface area contributed by atoms with E-state index in [2.05, 4.69) is 16.0 Å². The van der Waals surface area contributed by atoms with E-state index in [1.165, 1.54) is 37.1 Å². The highest BCUT2D eigenvalue weighted by molar-refractivity contribution is 7.98. The molecule has 3 atom stereocenters. The summed E-state index contributed by atoms with van der Waals surface area (Å²) in [5.41, 5.74) is 0.690. The molecule has 0 radical (unpaired) electrons. The predicted molar refractivity (Wildman–Crippen MR) is 145 cm³/mol. The SMILES string of the molecule is COc1ccc(O)c(C(=O)N[C@H](C(=O)N[C@@H](Cc2ccccc2)C(=O)N[C@@H](CCSC)C(=O)O)C(C)C)c1. The van der Waals surface area contributed by atoms with Gasteiger partial charge in [-0.3, -0.25) is 14.4 Å². The van der Waals surface area contributed by atoms with Crippen LogP contribution in [0.25, 0.3) is 0 Å². The first-order valence-electron chi connectivity index (χ1n) is 12.1. The highest BCUT2D eigenvalue weighted by Gasteiger charge is 2.31. The lowest BCUT2D eigenvalue weighted by molar-refractivity contribution is -0.142. The highest BCUT2D eigenvalue weighted by atomic mass is 32.2. The van der Waals surface area contributed by atoms with E-state index in [0.29, 0.717) is 11.5 Å². The Hall–Kier alpha value is -3.73. The van der Waals surface area contributed by atoms with E-state index in [9.17, 15) is 29.4 Å². The molecule has 2 aromatic rings. The van der Waals surface area contributed by atoms with Gasteiger partial charge >= 0.3 is 5.97 Å². The maximum Gasteiger partial charge on any atom is 0.326 e. The average molecular weight is 546 g/mol. The van der Waals surface area contributed by atoms with Crippen molar-refractivity contribution in [1.29, 1.82) is 0 Å². The number of aromatic hydroxyl groups is 1. The normalized spacial score (nSPS) is 13.2. The van der Waals surface area contributed by atoms with E-state index >= 15 is 0 Å². The Bertz CT molecular complexity index is 1110. The number of phenolic OH excluding ortho intramolecular Hbond substituents is 1. The number of aliphatic carboxylic acids is 1. The summed E-state index contributed by atoms with van der Waals surface area (Å²) in [6.45, 7) is 3.45. The van der Waals surface area contributed by atoms with Gasteiger partial charge in [0.15, 0.2) is 0 Å². The number of nitrogens with one attached hydrogen (secondary N) is 3. The molecule has 3 amide bonds. The molecule has 0 fully saturated rings. The molecular weight excluding hydrogens is 510 g/mol. The second-order valence-electron chi connectivity index (χ2n) is 9.01. The number of benzene rings is 2. The fourth-order valence-electron chi connectivity index (χ4n) is 3.66. The van der Waals surface area contributed by atoms with Gasteiger partial charge in [-0.1, -0.05) is 44.2 Å². The first-order valence-corrected chi connectivity index (χ1v) is 13.5. The van der Waals surface area contributed by atoms with E-state index in [0.717, 1.165) is 5.56 Å². The largest absolute Gasteiger partial charge is 0.507 e. The number of rotatable bonds is 14. The zero-order chi connectivity index (χ0) is 28.2. The quantitative estimate of drug-likeness (QED) is 0.242. The molecular formula is C27H35N3O7S. The summed E-state index contributed by atoms with van der Waals surface area (Å²) >= 11 is 1.46. The van der Waals surface area contributed by atoms with E-state index in [4.69, 9.17) is 4.74 Å². The molecule has 0 spiro atoms. The standard InChI is InChI=1S/C27H35N3O7S/c1-16(2)23(30-24(32)19-15-18(37-3)10-11-22(19)31)26(34)29-21(14-17-8-6-5-7-9-17)25(33)28-20(27(35)36)12-13-38-4/h5-11,15-16,20-21,23,31H,12-14H2,1-4H3,(H,28,33)(H,29,34)(H,30,32)(H,35,36)/t20-,21-,23-/m0/s1. The topological polar surface area (TPSA) is 154 Å². The van der Waals surface area contributed by atoms with Crippen molar-refractivity contribution in [2.75, 3.05) is 19.1 Å². The van der Waals surface area contributed by atoms with E-state index in [1.807, 2.05) is 12.3 Å². The lowest BCUT2D eigenvalue weighted by atomic mass is 10.00. The van der Waals surface area contributed by atoms with Gasteiger partial charge in [0.1, 0.15) is 29.6 Å². The van der Waals surface area contributed by atoms with Gasteiger partial charge < -0.3 is 30.9 Å². The minimum absolute atomic E-state index is 0.0699. The van der Waals surface area contributed by atoms with E-state index in [-0.39, 0.29) is 30.1 Å². The summed E-state index contributed by atoms with van der Waals surface area (Å²) < 4.78 is 5.11. The first kappa shape index (κ1) is 30.5. The average Bonchev–Trinajstić information content (AvgIpc) is 2.89. The Morgan fingerprint density at radius 1 is 0.947 bits per heavy atom. The van der Waals surface area contributed by atoms with Crippen molar-refractivity contribution in [2.24, 2.45) is 5.92 Å². The van der Waals surface area contributed by atoms with Crippen LogP contribution in [0.5, 0.6) is 11.5 Å². The second-order valence-corrected chi connectivity index (χ2v) is 10.00. The van der Waals surface area contributed by atoms with Crippen LogP contribution in [0.3, 0.4) is 0 Å². The fraction of sp³-hybridized carbons (Fsp3) is 0.407. The molecule has 0 aromatic heterocycles. The summed E-state index contributed by atoms with van der Waals surface area (Å²) in [5, 5.41) is 27.5. The number of phenols is 1. The Balaban J connectivity index is 2.26. The Morgan fingerprint density at radius 3 is 2.18 bits per heavy atom. The molecule has 5 N–H and O–H groups in total. The molecule has 0 saturated carbocycles. The van der Waals surface area contributed by atoms with E-state index in [1.54, 1.807) is 38.1 Å².